The number of aromatic nitrogens is 3. The van der Waals surface area contributed by atoms with E-state index in [1.165, 1.54) is 24.8 Å². The van der Waals surface area contributed by atoms with Gasteiger partial charge in [0.15, 0.2) is 0 Å². The first-order chi connectivity index (χ1) is 11.8. The standard InChI is InChI=1S/C18H21BrN4O/c19-15-5-6-16-14(9-15)8-13(12-24-16)10-20-11-18-22-21-17-4-2-1-3-7-23(17)18/h5-6,8-9,20H,1-4,7,10-12H2. The van der Waals surface area contributed by atoms with Crippen molar-refractivity contribution in [3.05, 3.63) is 45.5 Å². The Hall–Kier alpha value is -1.66. The Kier molecular flexibility index (Phi) is 4.67. The first-order valence-corrected chi connectivity index (χ1v) is 9.32. The van der Waals surface area contributed by atoms with Crippen molar-refractivity contribution in [2.24, 2.45) is 0 Å². The molecule has 24 heavy (non-hydrogen) atoms. The van der Waals surface area contributed by atoms with Gasteiger partial charge in [-0.1, -0.05) is 22.4 Å². The second-order valence-corrected chi connectivity index (χ2v) is 7.29. The van der Waals surface area contributed by atoms with E-state index >= 15 is 0 Å². The van der Waals surface area contributed by atoms with Crippen molar-refractivity contribution in [3.63, 3.8) is 0 Å². The summed E-state index contributed by atoms with van der Waals surface area (Å²) in [5.41, 5.74) is 2.37. The van der Waals surface area contributed by atoms with Crippen LogP contribution in [-0.2, 0) is 19.5 Å². The largest absolute Gasteiger partial charge is 0.489 e. The molecule has 0 aliphatic carbocycles. The monoisotopic (exact) mass is 388 g/mol. The number of nitrogens with zero attached hydrogens (tertiary/aromatic N) is 3. The van der Waals surface area contributed by atoms with Gasteiger partial charge in [0.25, 0.3) is 0 Å². The van der Waals surface area contributed by atoms with Crippen LogP contribution >= 0.6 is 15.9 Å². The lowest BCUT2D eigenvalue weighted by atomic mass is 10.1. The Morgan fingerprint density at radius 1 is 1.17 bits per heavy atom. The zero-order valence-electron chi connectivity index (χ0n) is 13.6. The normalized spacial score (nSPS) is 16.6. The molecule has 0 unspecified atom stereocenters. The van der Waals surface area contributed by atoms with Crippen LogP contribution in [0.3, 0.4) is 0 Å². The Bertz CT molecular complexity index is 768. The predicted molar refractivity (Wildman–Crippen MR) is 96.9 cm³/mol. The molecule has 2 aliphatic heterocycles. The molecule has 0 amide bonds. The molecule has 3 heterocycles. The molecule has 0 fully saturated rings. The minimum Gasteiger partial charge on any atom is -0.489 e. The van der Waals surface area contributed by atoms with E-state index in [1.807, 2.05) is 12.1 Å². The van der Waals surface area contributed by atoms with Gasteiger partial charge in [0.1, 0.15) is 24.0 Å². The van der Waals surface area contributed by atoms with E-state index in [9.17, 15) is 0 Å². The maximum Gasteiger partial charge on any atom is 0.147 e. The summed E-state index contributed by atoms with van der Waals surface area (Å²) in [6.07, 6.45) is 7.00. The Labute approximate surface area is 150 Å². The second-order valence-electron chi connectivity index (χ2n) is 6.37. The molecule has 126 valence electrons. The van der Waals surface area contributed by atoms with Gasteiger partial charge in [0, 0.05) is 29.5 Å². The van der Waals surface area contributed by atoms with E-state index in [4.69, 9.17) is 4.74 Å². The molecule has 0 saturated heterocycles. The highest BCUT2D eigenvalue weighted by atomic mass is 79.9. The minimum absolute atomic E-state index is 0.638. The maximum absolute atomic E-state index is 5.82. The molecular weight excluding hydrogens is 368 g/mol. The molecule has 0 saturated carbocycles. The molecule has 6 heteroatoms. The van der Waals surface area contributed by atoms with E-state index in [0.29, 0.717) is 6.61 Å². The third-order valence-corrected chi connectivity index (χ3v) is 5.06. The molecule has 4 rings (SSSR count). The van der Waals surface area contributed by atoms with Crippen LogP contribution in [0.25, 0.3) is 6.08 Å². The Balaban J connectivity index is 1.39. The van der Waals surface area contributed by atoms with Gasteiger partial charge in [-0.15, -0.1) is 10.2 Å². The highest BCUT2D eigenvalue weighted by Crippen LogP contribution is 2.28. The van der Waals surface area contributed by atoms with E-state index in [1.54, 1.807) is 0 Å². The SMILES string of the molecule is Brc1ccc2c(c1)C=C(CNCc1nnc3n1CCCCC3)CO2. The van der Waals surface area contributed by atoms with Crippen LogP contribution in [-0.4, -0.2) is 27.9 Å². The van der Waals surface area contributed by atoms with Crippen LogP contribution < -0.4 is 10.1 Å². The third kappa shape index (κ3) is 3.39. The summed E-state index contributed by atoms with van der Waals surface area (Å²) < 4.78 is 9.18. The number of halogens is 1. The number of hydrogen-bond donors (Lipinski definition) is 1. The van der Waals surface area contributed by atoms with Crippen LogP contribution in [0.4, 0.5) is 0 Å². The first-order valence-electron chi connectivity index (χ1n) is 8.53. The van der Waals surface area contributed by atoms with Crippen molar-refractivity contribution in [3.8, 4) is 5.75 Å². The zero-order chi connectivity index (χ0) is 16.4. The number of fused-ring (bicyclic) bond motifs is 2. The molecule has 0 bridgehead atoms. The van der Waals surface area contributed by atoms with Crippen molar-refractivity contribution in [2.45, 2.75) is 38.8 Å². The van der Waals surface area contributed by atoms with E-state index in [0.717, 1.165) is 53.5 Å². The average molecular weight is 389 g/mol. The van der Waals surface area contributed by atoms with Gasteiger partial charge >= 0.3 is 0 Å². The lowest BCUT2D eigenvalue weighted by molar-refractivity contribution is 0.342. The number of aryl methyl sites for hydroxylation is 1. The van der Waals surface area contributed by atoms with Crippen molar-refractivity contribution >= 4 is 22.0 Å². The van der Waals surface area contributed by atoms with E-state index < -0.39 is 0 Å². The van der Waals surface area contributed by atoms with Gasteiger partial charge in [-0.2, -0.15) is 0 Å². The lowest BCUT2D eigenvalue weighted by Crippen LogP contribution is -2.23. The molecule has 0 spiro atoms. The van der Waals surface area contributed by atoms with Crippen LogP contribution in [0.2, 0.25) is 0 Å². The summed E-state index contributed by atoms with van der Waals surface area (Å²) in [5.74, 6) is 3.14. The molecule has 1 aromatic carbocycles. The van der Waals surface area contributed by atoms with Crippen molar-refractivity contribution in [1.82, 2.24) is 20.1 Å². The third-order valence-electron chi connectivity index (χ3n) is 4.57. The molecule has 5 nitrogen and oxygen atoms in total. The maximum atomic E-state index is 5.82. The topological polar surface area (TPSA) is 52.0 Å². The van der Waals surface area contributed by atoms with Gasteiger partial charge in [-0.05, 0) is 42.7 Å². The molecule has 2 aromatic rings. The number of ether oxygens (including phenoxy) is 1. The van der Waals surface area contributed by atoms with Crippen molar-refractivity contribution in [2.75, 3.05) is 13.2 Å². The summed E-state index contributed by atoms with van der Waals surface area (Å²) in [6, 6.07) is 6.10. The summed E-state index contributed by atoms with van der Waals surface area (Å²) in [5, 5.41) is 12.2. The summed E-state index contributed by atoms with van der Waals surface area (Å²) in [6.45, 7) is 3.23. The predicted octanol–water partition coefficient (Wildman–Crippen LogP) is 3.33. The quantitative estimate of drug-likeness (QED) is 0.872. The Morgan fingerprint density at radius 3 is 3.08 bits per heavy atom. The van der Waals surface area contributed by atoms with Crippen LogP contribution in [0, 0.1) is 0 Å². The second kappa shape index (κ2) is 7.07. The fourth-order valence-corrected chi connectivity index (χ4v) is 3.69. The molecular formula is C18H21BrN4O. The minimum atomic E-state index is 0.638. The van der Waals surface area contributed by atoms with Crippen molar-refractivity contribution in [1.29, 1.82) is 0 Å². The fraction of sp³-hybridized carbons (Fsp3) is 0.444. The average Bonchev–Trinajstić information content (AvgIpc) is 2.82. The van der Waals surface area contributed by atoms with E-state index in [2.05, 4.69) is 48.2 Å². The molecule has 0 atom stereocenters. The zero-order valence-corrected chi connectivity index (χ0v) is 15.2. The molecule has 1 aromatic heterocycles. The fourth-order valence-electron chi connectivity index (χ4n) is 3.31. The first kappa shape index (κ1) is 15.8. The number of nitrogens with one attached hydrogen (secondary N) is 1. The number of benzene rings is 1. The summed E-state index contributed by atoms with van der Waals surface area (Å²) >= 11 is 3.51. The lowest BCUT2D eigenvalue weighted by Gasteiger charge is -2.18. The molecule has 0 radical (unpaired) electrons. The van der Waals surface area contributed by atoms with Crippen LogP contribution in [0.1, 0.15) is 36.5 Å². The van der Waals surface area contributed by atoms with Crippen LogP contribution in [0.15, 0.2) is 28.2 Å². The van der Waals surface area contributed by atoms with Gasteiger partial charge in [-0.3, -0.25) is 0 Å². The highest BCUT2D eigenvalue weighted by Gasteiger charge is 2.15. The summed E-state index contributed by atoms with van der Waals surface area (Å²) in [7, 11) is 0. The van der Waals surface area contributed by atoms with Gasteiger partial charge in [0.05, 0.1) is 6.54 Å². The molecule has 1 N–H and O–H groups in total. The van der Waals surface area contributed by atoms with E-state index in [-0.39, 0.29) is 0 Å². The van der Waals surface area contributed by atoms with Gasteiger partial charge < -0.3 is 14.6 Å². The Morgan fingerprint density at radius 2 is 2.12 bits per heavy atom. The summed E-state index contributed by atoms with van der Waals surface area (Å²) in [4.78, 5) is 0. The smallest absolute Gasteiger partial charge is 0.147 e. The highest BCUT2D eigenvalue weighted by molar-refractivity contribution is 9.10. The van der Waals surface area contributed by atoms with Gasteiger partial charge in [-0.25, -0.2) is 0 Å². The van der Waals surface area contributed by atoms with Gasteiger partial charge in [0.2, 0.25) is 0 Å². The van der Waals surface area contributed by atoms with Crippen LogP contribution in [0.5, 0.6) is 5.75 Å². The number of hydrogen-bond acceptors (Lipinski definition) is 4. The number of rotatable bonds is 4. The van der Waals surface area contributed by atoms with Crippen molar-refractivity contribution < 1.29 is 4.74 Å². The molecule has 2 aliphatic rings.